The predicted molar refractivity (Wildman–Crippen MR) is 82.6 cm³/mol. The molecule has 2 rings (SSSR count). The van der Waals surface area contributed by atoms with E-state index in [1.165, 1.54) is 0 Å². The molecule has 0 aromatic rings. The van der Waals surface area contributed by atoms with Crippen molar-refractivity contribution >= 4 is 11.8 Å². The van der Waals surface area contributed by atoms with Gasteiger partial charge >= 0.3 is 0 Å². The molecule has 0 saturated carbocycles. The van der Waals surface area contributed by atoms with Crippen LogP contribution >= 0.6 is 0 Å². The molecule has 0 spiro atoms. The van der Waals surface area contributed by atoms with E-state index in [-0.39, 0.29) is 23.9 Å². The largest absolute Gasteiger partial charge is 0.368 e. The van der Waals surface area contributed by atoms with Crippen LogP contribution in [0.25, 0.3) is 0 Å². The van der Waals surface area contributed by atoms with Crippen LogP contribution in [-0.2, 0) is 9.59 Å². The summed E-state index contributed by atoms with van der Waals surface area (Å²) in [5.41, 5.74) is 5.65. The van der Waals surface area contributed by atoms with Crippen molar-refractivity contribution in [2.24, 2.45) is 5.73 Å². The van der Waals surface area contributed by atoms with Gasteiger partial charge in [0.05, 0.1) is 6.04 Å². The zero-order valence-corrected chi connectivity index (χ0v) is 13.4. The highest BCUT2D eigenvalue weighted by Crippen LogP contribution is 2.32. The predicted octanol–water partition coefficient (Wildman–Crippen LogP) is 1.51. The van der Waals surface area contributed by atoms with E-state index in [0.717, 1.165) is 58.0 Å². The Kier molecular flexibility index (Phi) is 5.62. The first-order valence-electron chi connectivity index (χ1n) is 8.38. The minimum absolute atomic E-state index is 0.160. The highest BCUT2D eigenvalue weighted by Gasteiger charge is 2.42. The molecular formula is C16H29N3O2. The number of primary amides is 1. The first-order chi connectivity index (χ1) is 10.1. The van der Waals surface area contributed by atoms with E-state index in [1.807, 2.05) is 4.90 Å². The van der Waals surface area contributed by atoms with E-state index >= 15 is 0 Å². The van der Waals surface area contributed by atoms with Crippen molar-refractivity contribution in [2.45, 2.75) is 76.9 Å². The van der Waals surface area contributed by atoms with Crippen LogP contribution in [0, 0.1) is 0 Å². The average Bonchev–Trinajstić information content (AvgIpc) is 3.06. The van der Waals surface area contributed by atoms with E-state index in [1.54, 1.807) is 6.92 Å². The molecule has 0 bridgehead atoms. The Bertz CT molecular complexity index is 386. The molecule has 2 fully saturated rings. The molecule has 2 heterocycles. The van der Waals surface area contributed by atoms with Crippen molar-refractivity contribution in [3.8, 4) is 0 Å². The second kappa shape index (κ2) is 7.25. The third-order valence-electron chi connectivity index (χ3n) is 5.05. The smallest absolute Gasteiger partial charge is 0.234 e. The SMILES string of the molecule is CCCC[C@H](C(N)=O)N1CCC[C@H]1[C@@H]1CCCN1C(C)=O. The lowest BCUT2D eigenvalue weighted by Gasteiger charge is -2.37. The summed E-state index contributed by atoms with van der Waals surface area (Å²) >= 11 is 0. The summed E-state index contributed by atoms with van der Waals surface area (Å²) in [5.74, 6) is -0.0451. The summed E-state index contributed by atoms with van der Waals surface area (Å²) in [6, 6.07) is 0.422. The monoisotopic (exact) mass is 295 g/mol. The van der Waals surface area contributed by atoms with E-state index in [2.05, 4.69) is 11.8 Å². The summed E-state index contributed by atoms with van der Waals surface area (Å²) < 4.78 is 0. The van der Waals surface area contributed by atoms with Gasteiger partial charge in [0, 0.05) is 25.6 Å². The molecule has 0 aliphatic carbocycles. The molecule has 0 unspecified atom stereocenters. The van der Waals surface area contributed by atoms with Crippen LogP contribution in [0.5, 0.6) is 0 Å². The molecule has 120 valence electrons. The zero-order valence-electron chi connectivity index (χ0n) is 13.4. The highest BCUT2D eigenvalue weighted by molar-refractivity contribution is 5.80. The lowest BCUT2D eigenvalue weighted by Crippen LogP contribution is -2.54. The van der Waals surface area contributed by atoms with Gasteiger partial charge in [-0.1, -0.05) is 19.8 Å². The number of hydrogen-bond donors (Lipinski definition) is 1. The Morgan fingerprint density at radius 1 is 1.19 bits per heavy atom. The third-order valence-corrected chi connectivity index (χ3v) is 5.05. The molecule has 3 atom stereocenters. The van der Waals surface area contributed by atoms with Crippen LogP contribution in [0.15, 0.2) is 0 Å². The fraction of sp³-hybridized carbons (Fsp3) is 0.875. The van der Waals surface area contributed by atoms with Crippen LogP contribution < -0.4 is 5.73 Å². The third kappa shape index (κ3) is 3.57. The molecule has 0 aromatic heterocycles. The van der Waals surface area contributed by atoms with Gasteiger partial charge in [-0.15, -0.1) is 0 Å². The number of unbranched alkanes of at least 4 members (excludes halogenated alkanes) is 1. The fourth-order valence-electron chi connectivity index (χ4n) is 4.07. The lowest BCUT2D eigenvalue weighted by molar-refractivity contribution is -0.131. The second-order valence-electron chi connectivity index (χ2n) is 6.43. The lowest BCUT2D eigenvalue weighted by atomic mass is 10.00. The molecule has 21 heavy (non-hydrogen) atoms. The number of likely N-dealkylation sites (tertiary alicyclic amines) is 2. The van der Waals surface area contributed by atoms with E-state index in [4.69, 9.17) is 5.73 Å². The van der Waals surface area contributed by atoms with Gasteiger partial charge in [-0.05, 0) is 38.6 Å². The highest BCUT2D eigenvalue weighted by atomic mass is 16.2. The molecule has 2 saturated heterocycles. The summed E-state index contributed by atoms with van der Waals surface area (Å²) in [7, 11) is 0. The van der Waals surface area contributed by atoms with Crippen molar-refractivity contribution in [3.05, 3.63) is 0 Å². The zero-order chi connectivity index (χ0) is 15.4. The number of nitrogens with zero attached hydrogens (tertiary/aromatic N) is 2. The van der Waals surface area contributed by atoms with Gasteiger partial charge in [0.25, 0.3) is 0 Å². The maximum absolute atomic E-state index is 11.9. The number of amides is 2. The standard InChI is InChI=1S/C16H29N3O2/c1-3-4-7-15(16(17)21)19-11-6-9-14(19)13-8-5-10-18(13)12(2)20/h13-15H,3-11H2,1-2H3,(H2,17,21)/t13-,14-,15+/m0/s1. The average molecular weight is 295 g/mol. The van der Waals surface area contributed by atoms with Gasteiger partial charge in [0.1, 0.15) is 0 Å². The second-order valence-corrected chi connectivity index (χ2v) is 6.43. The van der Waals surface area contributed by atoms with Crippen molar-refractivity contribution in [1.82, 2.24) is 9.80 Å². The molecule has 0 radical (unpaired) electrons. The van der Waals surface area contributed by atoms with E-state index < -0.39 is 0 Å². The Morgan fingerprint density at radius 2 is 1.86 bits per heavy atom. The number of hydrogen-bond acceptors (Lipinski definition) is 3. The first kappa shape index (κ1) is 16.3. The molecule has 0 aromatic carbocycles. The van der Waals surface area contributed by atoms with Crippen LogP contribution in [0.3, 0.4) is 0 Å². The minimum Gasteiger partial charge on any atom is -0.368 e. The first-order valence-corrected chi connectivity index (χ1v) is 8.38. The molecular weight excluding hydrogens is 266 g/mol. The van der Waals surface area contributed by atoms with Crippen molar-refractivity contribution in [2.75, 3.05) is 13.1 Å². The number of carbonyl (C=O) groups excluding carboxylic acids is 2. The minimum atomic E-state index is -0.206. The Labute approximate surface area is 127 Å². The van der Waals surface area contributed by atoms with Gasteiger partial charge < -0.3 is 10.6 Å². The Morgan fingerprint density at radius 3 is 2.48 bits per heavy atom. The molecule has 5 heteroatoms. The van der Waals surface area contributed by atoms with Crippen LogP contribution in [0.4, 0.5) is 0 Å². The maximum atomic E-state index is 11.9. The molecule has 2 amide bonds. The molecule has 2 aliphatic heterocycles. The Hall–Kier alpha value is -1.10. The number of nitrogens with two attached hydrogens (primary N) is 1. The summed E-state index contributed by atoms with van der Waals surface area (Å²) in [5, 5.41) is 0. The number of rotatable bonds is 6. The van der Waals surface area contributed by atoms with Crippen LogP contribution in [0.1, 0.15) is 58.8 Å². The molecule has 2 N–H and O–H groups in total. The van der Waals surface area contributed by atoms with Gasteiger partial charge in [-0.25, -0.2) is 0 Å². The van der Waals surface area contributed by atoms with Gasteiger partial charge in [0.15, 0.2) is 0 Å². The van der Waals surface area contributed by atoms with E-state index in [9.17, 15) is 9.59 Å². The topological polar surface area (TPSA) is 66.6 Å². The molecule has 2 aliphatic rings. The normalized spacial score (nSPS) is 28.0. The van der Waals surface area contributed by atoms with E-state index in [0.29, 0.717) is 6.04 Å². The maximum Gasteiger partial charge on any atom is 0.234 e. The van der Waals surface area contributed by atoms with Gasteiger partial charge in [-0.2, -0.15) is 0 Å². The summed E-state index contributed by atoms with van der Waals surface area (Å²) in [6.07, 6.45) is 7.25. The quantitative estimate of drug-likeness (QED) is 0.807. The van der Waals surface area contributed by atoms with Gasteiger partial charge in [0.2, 0.25) is 11.8 Å². The van der Waals surface area contributed by atoms with Gasteiger partial charge in [-0.3, -0.25) is 14.5 Å². The van der Waals surface area contributed by atoms with Crippen LogP contribution in [-0.4, -0.2) is 52.8 Å². The summed E-state index contributed by atoms with van der Waals surface area (Å²) in [4.78, 5) is 28.0. The number of carbonyl (C=O) groups is 2. The van der Waals surface area contributed by atoms with Crippen LogP contribution in [0.2, 0.25) is 0 Å². The van der Waals surface area contributed by atoms with Crippen molar-refractivity contribution in [1.29, 1.82) is 0 Å². The Balaban J connectivity index is 2.11. The summed E-state index contributed by atoms with van der Waals surface area (Å²) in [6.45, 7) is 5.58. The van der Waals surface area contributed by atoms with Crippen molar-refractivity contribution in [3.63, 3.8) is 0 Å². The van der Waals surface area contributed by atoms with Crippen molar-refractivity contribution < 1.29 is 9.59 Å². The fourth-order valence-corrected chi connectivity index (χ4v) is 4.07. The molecule has 5 nitrogen and oxygen atoms in total.